The van der Waals surface area contributed by atoms with Crippen LogP contribution in [0, 0.1) is 5.92 Å². The number of amides is 2. The Hall–Kier alpha value is -2.44. The Morgan fingerprint density at radius 1 is 1.32 bits per heavy atom. The van der Waals surface area contributed by atoms with Gasteiger partial charge < -0.3 is 19.1 Å². The molecule has 2 amide bonds. The molecule has 2 aliphatic heterocycles. The van der Waals surface area contributed by atoms with Crippen LogP contribution in [0.3, 0.4) is 0 Å². The van der Waals surface area contributed by atoms with Crippen LogP contribution in [0.25, 0.3) is 0 Å². The molecule has 0 aliphatic carbocycles. The molecule has 0 spiro atoms. The van der Waals surface area contributed by atoms with Crippen molar-refractivity contribution in [3.63, 3.8) is 0 Å². The number of carbonyl (C=O) groups is 2. The summed E-state index contributed by atoms with van der Waals surface area (Å²) in [5, 5.41) is 0. The minimum atomic E-state index is -0.400. The molecule has 0 bridgehead atoms. The lowest BCUT2D eigenvalue weighted by molar-refractivity contribution is -0.133. The van der Waals surface area contributed by atoms with E-state index in [0.29, 0.717) is 26.3 Å². The van der Waals surface area contributed by atoms with Crippen molar-refractivity contribution in [2.24, 2.45) is 5.92 Å². The maximum atomic E-state index is 12.4. The quantitative estimate of drug-likeness (QED) is 0.784. The number of rotatable bonds is 6. The molecular formula is C18H24N2O5. The minimum Gasteiger partial charge on any atom is -0.497 e. The molecule has 2 heterocycles. The van der Waals surface area contributed by atoms with E-state index >= 15 is 0 Å². The van der Waals surface area contributed by atoms with E-state index in [0.717, 1.165) is 30.9 Å². The number of cyclic esters (lactones) is 1. The molecule has 7 heteroatoms. The van der Waals surface area contributed by atoms with E-state index in [4.69, 9.17) is 14.2 Å². The van der Waals surface area contributed by atoms with E-state index in [2.05, 4.69) is 0 Å². The molecular weight excluding hydrogens is 324 g/mol. The van der Waals surface area contributed by atoms with Crippen LogP contribution in [-0.2, 0) is 9.53 Å². The zero-order valence-electron chi connectivity index (χ0n) is 14.5. The molecule has 1 atom stereocenters. The van der Waals surface area contributed by atoms with Crippen molar-refractivity contribution in [1.82, 2.24) is 9.80 Å². The van der Waals surface area contributed by atoms with Gasteiger partial charge in [-0.25, -0.2) is 4.79 Å². The summed E-state index contributed by atoms with van der Waals surface area (Å²) in [6.45, 7) is 2.90. The third kappa shape index (κ3) is 4.55. The number of carbonyl (C=O) groups excluding carboxylic acids is 2. The molecule has 2 saturated heterocycles. The molecule has 0 saturated carbocycles. The molecule has 1 aromatic rings. The number of benzene rings is 1. The van der Waals surface area contributed by atoms with Crippen molar-refractivity contribution in [2.45, 2.75) is 12.8 Å². The Balaban J connectivity index is 1.48. The highest BCUT2D eigenvalue weighted by Crippen LogP contribution is 2.22. The fourth-order valence-corrected chi connectivity index (χ4v) is 3.17. The smallest absolute Gasteiger partial charge is 0.410 e. The monoisotopic (exact) mass is 348 g/mol. The number of likely N-dealkylation sites (tertiary alicyclic amines) is 1. The maximum absolute atomic E-state index is 12.4. The molecule has 0 N–H and O–H groups in total. The second-order valence-electron chi connectivity index (χ2n) is 6.37. The van der Waals surface area contributed by atoms with E-state index in [9.17, 15) is 9.59 Å². The van der Waals surface area contributed by atoms with Crippen LogP contribution in [0.4, 0.5) is 4.79 Å². The van der Waals surface area contributed by atoms with E-state index < -0.39 is 6.09 Å². The van der Waals surface area contributed by atoms with Gasteiger partial charge in [0.2, 0.25) is 5.91 Å². The van der Waals surface area contributed by atoms with Crippen molar-refractivity contribution in [2.75, 3.05) is 46.5 Å². The van der Waals surface area contributed by atoms with Crippen molar-refractivity contribution in [3.05, 3.63) is 24.3 Å². The normalized spacial score (nSPS) is 20.4. The summed E-state index contributed by atoms with van der Waals surface area (Å²) in [5.41, 5.74) is 0. The van der Waals surface area contributed by atoms with Gasteiger partial charge >= 0.3 is 6.09 Å². The van der Waals surface area contributed by atoms with Crippen LogP contribution in [0.2, 0.25) is 0 Å². The first-order chi connectivity index (χ1) is 12.2. The lowest BCUT2D eigenvalue weighted by Gasteiger charge is -2.33. The zero-order chi connectivity index (χ0) is 17.6. The number of nitrogens with zero attached hydrogens (tertiary/aromatic N) is 2. The highest BCUT2D eigenvalue weighted by atomic mass is 16.6. The number of methoxy groups -OCH3 is 1. The van der Waals surface area contributed by atoms with Gasteiger partial charge in [-0.2, -0.15) is 0 Å². The summed E-state index contributed by atoms with van der Waals surface area (Å²) in [6, 6.07) is 7.51. The highest BCUT2D eigenvalue weighted by molar-refractivity contribution is 5.83. The second kappa shape index (κ2) is 8.09. The van der Waals surface area contributed by atoms with Gasteiger partial charge in [0.05, 0.1) is 20.3 Å². The van der Waals surface area contributed by atoms with Gasteiger partial charge in [0.1, 0.15) is 24.7 Å². The van der Waals surface area contributed by atoms with Crippen LogP contribution < -0.4 is 9.47 Å². The van der Waals surface area contributed by atoms with Gasteiger partial charge in [0.25, 0.3) is 0 Å². The number of piperidine rings is 1. The van der Waals surface area contributed by atoms with Crippen molar-refractivity contribution in [3.8, 4) is 11.5 Å². The second-order valence-corrected chi connectivity index (χ2v) is 6.37. The Bertz CT molecular complexity index is 621. The molecule has 2 fully saturated rings. The van der Waals surface area contributed by atoms with E-state index in [1.54, 1.807) is 7.11 Å². The molecule has 2 aliphatic rings. The number of ether oxygens (including phenoxy) is 3. The summed E-state index contributed by atoms with van der Waals surface area (Å²) in [4.78, 5) is 27.2. The molecule has 136 valence electrons. The Morgan fingerprint density at radius 3 is 2.92 bits per heavy atom. The summed E-state index contributed by atoms with van der Waals surface area (Å²) in [7, 11) is 1.62. The predicted octanol–water partition coefficient (Wildman–Crippen LogP) is 1.76. The maximum Gasteiger partial charge on any atom is 0.410 e. The summed E-state index contributed by atoms with van der Waals surface area (Å²) in [5.74, 6) is 1.79. The van der Waals surface area contributed by atoms with E-state index in [-0.39, 0.29) is 18.4 Å². The molecule has 7 nitrogen and oxygen atoms in total. The molecule has 1 aromatic carbocycles. The fraction of sp³-hybridized carbons (Fsp3) is 0.556. The van der Waals surface area contributed by atoms with Crippen LogP contribution >= 0.6 is 0 Å². The molecule has 0 radical (unpaired) electrons. The predicted molar refractivity (Wildman–Crippen MR) is 90.7 cm³/mol. The van der Waals surface area contributed by atoms with Gasteiger partial charge in [0, 0.05) is 25.1 Å². The Morgan fingerprint density at radius 2 is 2.16 bits per heavy atom. The SMILES string of the molecule is COc1cccc(OC[C@H]2CCCN(C(=O)CN3CCOC3=O)C2)c1. The average molecular weight is 348 g/mol. The van der Waals surface area contributed by atoms with Gasteiger partial charge in [-0.05, 0) is 25.0 Å². The van der Waals surface area contributed by atoms with Crippen molar-refractivity contribution < 1.29 is 23.8 Å². The van der Waals surface area contributed by atoms with Crippen LogP contribution in [0.15, 0.2) is 24.3 Å². The number of hydrogen-bond acceptors (Lipinski definition) is 5. The van der Waals surface area contributed by atoms with Crippen molar-refractivity contribution in [1.29, 1.82) is 0 Å². The van der Waals surface area contributed by atoms with Crippen LogP contribution in [-0.4, -0.2) is 68.3 Å². The van der Waals surface area contributed by atoms with E-state index in [1.807, 2.05) is 29.2 Å². The first-order valence-corrected chi connectivity index (χ1v) is 8.62. The number of hydrogen-bond donors (Lipinski definition) is 0. The minimum absolute atomic E-state index is 0.0232. The first-order valence-electron chi connectivity index (χ1n) is 8.62. The standard InChI is InChI=1S/C18H24N2O5/c1-23-15-5-2-6-16(10-15)25-13-14-4-3-7-19(11-14)17(21)12-20-8-9-24-18(20)22/h2,5-6,10,14H,3-4,7-9,11-13H2,1H3/t14-/m0/s1. The summed E-state index contributed by atoms with van der Waals surface area (Å²) in [6.07, 6.45) is 1.57. The first kappa shape index (κ1) is 17.4. The third-order valence-electron chi connectivity index (χ3n) is 4.57. The summed E-state index contributed by atoms with van der Waals surface area (Å²) < 4.78 is 15.9. The Kier molecular flexibility index (Phi) is 5.63. The van der Waals surface area contributed by atoms with Gasteiger partial charge in [-0.3, -0.25) is 9.69 Å². The highest BCUT2D eigenvalue weighted by Gasteiger charge is 2.29. The topological polar surface area (TPSA) is 68.3 Å². The molecule has 3 rings (SSSR count). The van der Waals surface area contributed by atoms with Crippen molar-refractivity contribution >= 4 is 12.0 Å². The average Bonchev–Trinajstić information content (AvgIpc) is 3.05. The third-order valence-corrected chi connectivity index (χ3v) is 4.57. The lowest BCUT2D eigenvalue weighted by atomic mass is 9.99. The van der Waals surface area contributed by atoms with Crippen LogP contribution in [0.1, 0.15) is 12.8 Å². The molecule has 0 unspecified atom stereocenters. The largest absolute Gasteiger partial charge is 0.497 e. The molecule has 0 aromatic heterocycles. The zero-order valence-corrected chi connectivity index (χ0v) is 14.5. The fourth-order valence-electron chi connectivity index (χ4n) is 3.17. The lowest BCUT2D eigenvalue weighted by Crippen LogP contribution is -2.46. The van der Waals surface area contributed by atoms with E-state index in [1.165, 1.54) is 4.90 Å². The molecule has 25 heavy (non-hydrogen) atoms. The summed E-state index contributed by atoms with van der Waals surface area (Å²) >= 11 is 0. The van der Waals surface area contributed by atoms with Gasteiger partial charge in [0.15, 0.2) is 0 Å². The Labute approximate surface area is 147 Å². The van der Waals surface area contributed by atoms with Gasteiger partial charge in [-0.15, -0.1) is 0 Å². The van der Waals surface area contributed by atoms with Crippen LogP contribution in [0.5, 0.6) is 11.5 Å². The van der Waals surface area contributed by atoms with Gasteiger partial charge in [-0.1, -0.05) is 6.07 Å².